The van der Waals surface area contributed by atoms with E-state index in [2.05, 4.69) is 33.4 Å². The second kappa shape index (κ2) is 7.53. The Labute approximate surface area is 153 Å². The van der Waals surface area contributed by atoms with Gasteiger partial charge in [0, 0.05) is 23.2 Å². The van der Waals surface area contributed by atoms with Crippen molar-refractivity contribution in [3.05, 3.63) is 48.3 Å². The first-order valence-electron chi connectivity index (χ1n) is 9.37. The Hall–Kier alpha value is -2.28. The summed E-state index contributed by atoms with van der Waals surface area (Å²) in [7, 11) is 0. The van der Waals surface area contributed by atoms with Crippen LogP contribution in [0.15, 0.2) is 42.7 Å². The summed E-state index contributed by atoms with van der Waals surface area (Å²) >= 11 is 0. The molecule has 1 aromatic carbocycles. The van der Waals surface area contributed by atoms with Crippen LogP contribution in [-0.2, 0) is 0 Å². The van der Waals surface area contributed by atoms with Crippen LogP contribution in [0.4, 0.5) is 0 Å². The van der Waals surface area contributed by atoms with Gasteiger partial charge in [-0.1, -0.05) is 18.2 Å². The second-order valence-electron chi connectivity index (χ2n) is 6.99. The van der Waals surface area contributed by atoms with Crippen LogP contribution in [0.2, 0.25) is 0 Å². The number of rotatable bonds is 5. The summed E-state index contributed by atoms with van der Waals surface area (Å²) in [6.07, 6.45) is 7.00. The molecule has 1 aliphatic rings. The molecule has 0 radical (unpaired) electrons. The molecule has 0 bridgehead atoms. The molecule has 6 nitrogen and oxygen atoms in total. The number of pyridine rings is 1. The van der Waals surface area contributed by atoms with E-state index in [1.165, 1.54) is 0 Å². The van der Waals surface area contributed by atoms with Gasteiger partial charge in [-0.25, -0.2) is 4.98 Å². The minimum absolute atomic E-state index is 0.0916. The molecular weight excluding hydrogens is 324 g/mol. The van der Waals surface area contributed by atoms with E-state index in [-0.39, 0.29) is 6.04 Å². The number of nitrogens with two attached hydrogens (primary N) is 2. The van der Waals surface area contributed by atoms with Crippen molar-refractivity contribution >= 4 is 10.9 Å². The predicted molar refractivity (Wildman–Crippen MR) is 105 cm³/mol. The lowest BCUT2D eigenvalue weighted by molar-refractivity contribution is 0.343. The van der Waals surface area contributed by atoms with Gasteiger partial charge in [-0.05, 0) is 56.6 Å². The van der Waals surface area contributed by atoms with E-state index in [0.29, 0.717) is 12.6 Å². The third kappa shape index (κ3) is 3.35. The zero-order chi connectivity index (χ0) is 17.9. The summed E-state index contributed by atoms with van der Waals surface area (Å²) in [5, 5.41) is 9.10. The topological polar surface area (TPSA) is 94.8 Å². The van der Waals surface area contributed by atoms with Crippen molar-refractivity contribution in [2.24, 2.45) is 11.5 Å². The molecule has 0 aliphatic carbocycles. The van der Waals surface area contributed by atoms with E-state index in [4.69, 9.17) is 16.5 Å². The molecule has 0 spiro atoms. The third-order valence-electron chi connectivity index (χ3n) is 5.21. The SMILES string of the molecule is NCCC(N)c1cc(-c2cnn(C3CCNCC3)c2)nc2ccccc12. The maximum absolute atomic E-state index is 6.41. The van der Waals surface area contributed by atoms with Crippen molar-refractivity contribution in [1.82, 2.24) is 20.1 Å². The Kier molecular flexibility index (Phi) is 4.97. The van der Waals surface area contributed by atoms with Gasteiger partial charge in [0.05, 0.1) is 23.4 Å². The average molecular weight is 350 g/mol. The molecular formula is C20H26N6. The van der Waals surface area contributed by atoms with Crippen LogP contribution < -0.4 is 16.8 Å². The summed E-state index contributed by atoms with van der Waals surface area (Å²) in [4.78, 5) is 4.85. The summed E-state index contributed by atoms with van der Waals surface area (Å²) < 4.78 is 2.09. The number of fused-ring (bicyclic) bond motifs is 1. The van der Waals surface area contributed by atoms with Gasteiger partial charge in [-0.15, -0.1) is 0 Å². The van der Waals surface area contributed by atoms with Crippen molar-refractivity contribution in [2.45, 2.75) is 31.3 Å². The quantitative estimate of drug-likeness (QED) is 0.657. The zero-order valence-corrected chi connectivity index (χ0v) is 14.9. The van der Waals surface area contributed by atoms with Gasteiger partial charge in [0.1, 0.15) is 0 Å². The molecule has 136 valence electrons. The first kappa shape index (κ1) is 17.1. The number of piperidine rings is 1. The van der Waals surface area contributed by atoms with E-state index in [1.807, 2.05) is 24.4 Å². The lowest BCUT2D eigenvalue weighted by atomic mass is 9.98. The molecule has 1 aliphatic heterocycles. The number of benzene rings is 1. The van der Waals surface area contributed by atoms with Gasteiger partial charge in [-0.3, -0.25) is 4.68 Å². The molecule has 2 aromatic heterocycles. The van der Waals surface area contributed by atoms with E-state index in [9.17, 15) is 0 Å². The molecule has 1 atom stereocenters. The van der Waals surface area contributed by atoms with Crippen LogP contribution in [0.5, 0.6) is 0 Å². The largest absolute Gasteiger partial charge is 0.330 e. The Balaban J connectivity index is 1.73. The fourth-order valence-electron chi connectivity index (χ4n) is 3.73. The molecule has 1 unspecified atom stereocenters. The molecule has 3 aromatic rings. The van der Waals surface area contributed by atoms with Crippen molar-refractivity contribution in [3.8, 4) is 11.3 Å². The normalized spacial score (nSPS) is 16.8. The lowest BCUT2D eigenvalue weighted by Gasteiger charge is -2.22. The van der Waals surface area contributed by atoms with Crippen molar-refractivity contribution in [3.63, 3.8) is 0 Å². The van der Waals surface area contributed by atoms with Crippen LogP contribution in [-0.4, -0.2) is 34.4 Å². The number of hydrogen-bond acceptors (Lipinski definition) is 5. The molecule has 5 N–H and O–H groups in total. The molecule has 0 saturated carbocycles. The monoisotopic (exact) mass is 350 g/mol. The smallest absolute Gasteiger partial charge is 0.0744 e. The summed E-state index contributed by atoms with van der Waals surface area (Å²) in [6, 6.07) is 10.6. The summed E-state index contributed by atoms with van der Waals surface area (Å²) in [5.41, 5.74) is 16.2. The Morgan fingerprint density at radius 3 is 2.85 bits per heavy atom. The number of nitrogens with zero attached hydrogens (tertiary/aromatic N) is 3. The first-order valence-corrected chi connectivity index (χ1v) is 9.37. The Bertz CT molecular complexity index is 881. The predicted octanol–water partition coefficient (Wildman–Crippen LogP) is 2.37. The molecule has 26 heavy (non-hydrogen) atoms. The third-order valence-corrected chi connectivity index (χ3v) is 5.21. The van der Waals surface area contributed by atoms with Crippen LogP contribution in [0.3, 0.4) is 0 Å². The van der Waals surface area contributed by atoms with Gasteiger partial charge in [-0.2, -0.15) is 5.10 Å². The van der Waals surface area contributed by atoms with Gasteiger partial charge in [0.15, 0.2) is 0 Å². The fraction of sp³-hybridized carbons (Fsp3) is 0.400. The van der Waals surface area contributed by atoms with Crippen molar-refractivity contribution < 1.29 is 0 Å². The maximum atomic E-state index is 6.41. The number of nitrogens with one attached hydrogen (secondary N) is 1. The second-order valence-corrected chi connectivity index (χ2v) is 6.99. The number of hydrogen-bond donors (Lipinski definition) is 3. The van der Waals surface area contributed by atoms with Crippen molar-refractivity contribution in [2.75, 3.05) is 19.6 Å². The first-order chi connectivity index (χ1) is 12.8. The summed E-state index contributed by atoms with van der Waals surface area (Å²) in [5.74, 6) is 0. The Morgan fingerprint density at radius 2 is 2.04 bits per heavy atom. The van der Waals surface area contributed by atoms with Crippen LogP contribution in [0.1, 0.15) is 36.9 Å². The molecule has 4 rings (SSSR count). The molecule has 3 heterocycles. The molecule has 1 fully saturated rings. The minimum atomic E-state index is -0.0916. The van der Waals surface area contributed by atoms with Gasteiger partial charge >= 0.3 is 0 Å². The van der Waals surface area contributed by atoms with E-state index < -0.39 is 0 Å². The van der Waals surface area contributed by atoms with Crippen LogP contribution in [0.25, 0.3) is 22.2 Å². The number of aromatic nitrogens is 3. The summed E-state index contributed by atoms with van der Waals surface area (Å²) in [6.45, 7) is 2.67. The maximum Gasteiger partial charge on any atom is 0.0744 e. The van der Waals surface area contributed by atoms with Crippen molar-refractivity contribution in [1.29, 1.82) is 0 Å². The highest BCUT2D eigenvalue weighted by Gasteiger charge is 2.18. The van der Waals surface area contributed by atoms with Gasteiger partial charge < -0.3 is 16.8 Å². The average Bonchev–Trinajstić information content (AvgIpc) is 3.18. The molecule has 0 amide bonds. The van der Waals surface area contributed by atoms with E-state index >= 15 is 0 Å². The molecule has 6 heteroatoms. The van der Waals surface area contributed by atoms with Gasteiger partial charge in [0.2, 0.25) is 0 Å². The minimum Gasteiger partial charge on any atom is -0.330 e. The van der Waals surface area contributed by atoms with Crippen LogP contribution in [0, 0.1) is 0 Å². The van der Waals surface area contributed by atoms with E-state index in [0.717, 1.165) is 60.1 Å². The number of para-hydroxylation sites is 1. The van der Waals surface area contributed by atoms with Gasteiger partial charge in [0.25, 0.3) is 0 Å². The standard InChI is InChI=1S/C20H26N6/c21-8-5-18(22)17-11-20(25-19-4-2-1-3-16(17)19)14-12-24-26(13-14)15-6-9-23-10-7-15/h1-4,11-13,15,18,23H,5-10,21-22H2. The highest BCUT2D eigenvalue weighted by atomic mass is 15.3. The van der Waals surface area contributed by atoms with Crippen LogP contribution >= 0.6 is 0 Å². The lowest BCUT2D eigenvalue weighted by Crippen LogP contribution is -2.29. The zero-order valence-electron chi connectivity index (χ0n) is 14.9. The van der Waals surface area contributed by atoms with E-state index in [1.54, 1.807) is 0 Å². The highest BCUT2D eigenvalue weighted by molar-refractivity contribution is 5.85. The highest BCUT2D eigenvalue weighted by Crippen LogP contribution is 2.29. The molecule has 1 saturated heterocycles. The Morgan fingerprint density at radius 1 is 1.23 bits per heavy atom. The fourth-order valence-corrected chi connectivity index (χ4v) is 3.73.